The summed E-state index contributed by atoms with van der Waals surface area (Å²) in [5.41, 5.74) is 6.00. The van der Waals surface area contributed by atoms with Gasteiger partial charge in [-0.25, -0.2) is 4.39 Å². The lowest BCUT2D eigenvalue weighted by Crippen LogP contribution is -2.29. The minimum atomic E-state index is -0.402. The van der Waals surface area contributed by atoms with Gasteiger partial charge in [0.15, 0.2) is 0 Å². The zero-order valence-corrected chi connectivity index (χ0v) is 12.1. The van der Waals surface area contributed by atoms with Crippen molar-refractivity contribution in [2.24, 2.45) is 5.84 Å². The van der Waals surface area contributed by atoms with Gasteiger partial charge in [0.25, 0.3) is 0 Å². The van der Waals surface area contributed by atoms with Gasteiger partial charge < -0.3 is 0 Å². The number of nitrogens with two attached hydrogens (primary N) is 1. The second kappa shape index (κ2) is 6.84. The molecule has 2 rings (SSSR count). The number of hydrogen-bond donors (Lipinski definition) is 2. The Balaban J connectivity index is 2.16. The fraction of sp³-hybridized carbons (Fsp3) is 0.250. The molecule has 2 nitrogen and oxygen atoms in total. The molecule has 20 heavy (non-hydrogen) atoms. The average Bonchev–Trinajstić information content (AvgIpc) is 2.48. The monoisotopic (exact) mass is 292 g/mol. The maximum atomic E-state index is 13.5. The van der Waals surface area contributed by atoms with Crippen LogP contribution in [0.2, 0.25) is 5.02 Å². The number of nitrogens with one attached hydrogen (secondary N) is 1. The molecule has 0 aliphatic rings. The summed E-state index contributed by atoms with van der Waals surface area (Å²) in [5.74, 6) is 5.22. The van der Waals surface area contributed by atoms with Crippen LogP contribution in [0.15, 0.2) is 42.5 Å². The lowest BCUT2D eigenvalue weighted by atomic mass is 9.98. The quantitative estimate of drug-likeness (QED) is 0.650. The Morgan fingerprint density at radius 3 is 2.35 bits per heavy atom. The fourth-order valence-corrected chi connectivity index (χ4v) is 2.28. The Morgan fingerprint density at radius 1 is 1.15 bits per heavy atom. The Kier molecular flexibility index (Phi) is 5.12. The molecule has 0 aliphatic carbocycles. The lowest BCUT2D eigenvalue weighted by Gasteiger charge is -2.17. The first kappa shape index (κ1) is 15.0. The number of benzene rings is 2. The molecule has 3 N–H and O–H groups in total. The third-order valence-electron chi connectivity index (χ3n) is 3.42. The molecule has 0 saturated carbocycles. The second-order valence-electron chi connectivity index (χ2n) is 4.77. The molecule has 0 aliphatic heterocycles. The first-order valence-corrected chi connectivity index (χ1v) is 7.00. The third-order valence-corrected chi connectivity index (χ3v) is 3.72. The molecule has 0 saturated heterocycles. The van der Waals surface area contributed by atoms with E-state index in [0.717, 1.165) is 17.5 Å². The van der Waals surface area contributed by atoms with Crippen molar-refractivity contribution in [3.63, 3.8) is 0 Å². The Bertz CT molecular complexity index is 569. The van der Waals surface area contributed by atoms with Crippen molar-refractivity contribution >= 4 is 11.6 Å². The molecule has 0 aromatic heterocycles. The van der Waals surface area contributed by atoms with Crippen LogP contribution in [-0.4, -0.2) is 0 Å². The van der Waals surface area contributed by atoms with Crippen molar-refractivity contribution in [2.45, 2.75) is 25.8 Å². The van der Waals surface area contributed by atoms with Gasteiger partial charge in [-0.1, -0.05) is 48.9 Å². The van der Waals surface area contributed by atoms with Crippen molar-refractivity contribution < 1.29 is 4.39 Å². The summed E-state index contributed by atoms with van der Waals surface area (Å²) >= 11 is 5.69. The van der Waals surface area contributed by atoms with Crippen LogP contribution in [0.1, 0.15) is 29.7 Å². The molecule has 2 aromatic rings. The largest absolute Gasteiger partial charge is 0.271 e. The summed E-state index contributed by atoms with van der Waals surface area (Å²) in [7, 11) is 0. The third kappa shape index (κ3) is 3.57. The van der Waals surface area contributed by atoms with Crippen molar-refractivity contribution in [1.29, 1.82) is 0 Å². The van der Waals surface area contributed by atoms with E-state index in [9.17, 15) is 4.39 Å². The number of halogens is 2. The highest BCUT2D eigenvalue weighted by molar-refractivity contribution is 6.30. The Hall–Kier alpha value is -1.42. The summed E-state index contributed by atoms with van der Waals surface area (Å²) in [6, 6.07) is 13.1. The number of hydrogen-bond acceptors (Lipinski definition) is 2. The highest BCUT2D eigenvalue weighted by Gasteiger charge is 2.11. The van der Waals surface area contributed by atoms with Gasteiger partial charge in [-0.3, -0.25) is 11.3 Å². The maximum absolute atomic E-state index is 13.5. The smallest absolute Gasteiger partial charge is 0.142 e. The molecule has 1 atom stereocenters. The van der Waals surface area contributed by atoms with Crippen LogP contribution < -0.4 is 11.3 Å². The molecule has 0 spiro atoms. The summed E-state index contributed by atoms with van der Waals surface area (Å²) in [6.45, 7) is 2.12. The minimum absolute atomic E-state index is 0.0542. The maximum Gasteiger partial charge on any atom is 0.142 e. The molecule has 0 heterocycles. The predicted octanol–water partition coefficient (Wildman–Crippen LogP) is 3.79. The molecule has 0 amide bonds. The Morgan fingerprint density at radius 2 is 1.80 bits per heavy atom. The zero-order valence-electron chi connectivity index (χ0n) is 11.4. The molecule has 0 bridgehead atoms. The van der Waals surface area contributed by atoms with Crippen LogP contribution in [0.3, 0.4) is 0 Å². The van der Waals surface area contributed by atoms with Gasteiger partial charge in [0, 0.05) is 6.04 Å². The van der Waals surface area contributed by atoms with E-state index in [1.54, 1.807) is 6.07 Å². The highest BCUT2D eigenvalue weighted by Crippen LogP contribution is 2.21. The average molecular weight is 293 g/mol. The van der Waals surface area contributed by atoms with Crippen molar-refractivity contribution in [3.8, 4) is 0 Å². The fourth-order valence-electron chi connectivity index (χ4n) is 2.16. The van der Waals surface area contributed by atoms with Gasteiger partial charge in [0.05, 0.1) is 5.02 Å². The van der Waals surface area contributed by atoms with Gasteiger partial charge in [0.2, 0.25) is 0 Å². The standard InChI is InChI=1S/C16H18ClFN2/c1-2-11-3-6-13(7-4-11)16(20-19)10-12-5-8-14(17)15(18)9-12/h3-9,16,20H,2,10,19H2,1H3. The summed E-state index contributed by atoms with van der Waals surface area (Å²) in [4.78, 5) is 0. The number of hydrazine groups is 1. The van der Waals surface area contributed by atoms with Crippen molar-refractivity contribution in [2.75, 3.05) is 0 Å². The van der Waals surface area contributed by atoms with Gasteiger partial charge in [-0.2, -0.15) is 0 Å². The first-order chi connectivity index (χ1) is 9.63. The van der Waals surface area contributed by atoms with E-state index in [1.807, 2.05) is 6.07 Å². The van der Waals surface area contributed by atoms with E-state index in [-0.39, 0.29) is 11.1 Å². The lowest BCUT2D eigenvalue weighted by molar-refractivity contribution is 0.548. The Labute approximate surface area is 123 Å². The summed E-state index contributed by atoms with van der Waals surface area (Å²) < 4.78 is 13.5. The molecule has 1 unspecified atom stereocenters. The van der Waals surface area contributed by atoms with Crippen molar-refractivity contribution in [1.82, 2.24) is 5.43 Å². The summed E-state index contributed by atoms with van der Waals surface area (Å²) in [6.07, 6.45) is 1.61. The molecule has 0 radical (unpaired) electrons. The predicted molar refractivity (Wildman–Crippen MR) is 81.0 cm³/mol. The second-order valence-corrected chi connectivity index (χ2v) is 5.17. The molecule has 4 heteroatoms. The van der Waals surface area contributed by atoms with Crippen LogP contribution >= 0.6 is 11.6 Å². The number of aryl methyl sites for hydroxylation is 1. The molecular weight excluding hydrogens is 275 g/mol. The van der Waals surface area contributed by atoms with Crippen LogP contribution in [-0.2, 0) is 12.8 Å². The molecule has 0 fully saturated rings. The molecular formula is C16H18ClFN2. The van der Waals surface area contributed by atoms with Crippen LogP contribution in [0.25, 0.3) is 0 Å². The van der Waals surface area contributed by atoms with Crippen LogP contribution in [0, 0.1) is 5.82 Å². The van der Waals surface area contributed by atoms with E-state index >= 15 is 0 Å². The summed E-state index contributed by atoms with van der Waals surface area (Å²) in [5, 5.41) is 0.137. The van der Waals surface area contributed by atoms with E-state index in [0.29, 0.717) is 6.42 Å². The zero-order chi connectivity index (χ0) is 14.5. The topological polar surface area (TPSA) is 38.0 Å². The van der Waals surface area contributed by atoms with Crippen LogP contribution in [0.4, 0.5) is 4.39 Å². The van der Waals surface area contributed by atoms with E-state index < -0.39 is 5.82 Å². The van der Waals surface area contributed by atoms with Gasteiger partial charge in [0.1, 0.15) is 5.82 Å². The van der Waals surface area contributed by atoms with Gasteiger partial charge in [-0.05, 0) is 41.7 Å². The van der Waals surface area contributed by atoms with Crippen LogP contribution in [0.5, 0.6) is 0 Å². The van der Waals surface area contributed by atoms with E-state index in [1.165, 1.54) is 11.6 Å². The highest BCUT2D eigenvalue weighted by atomic mass is 35.5. The number of rotatable bonds is 5. The molecule has 106 valence electrons. The van der Waals surface area contributed by atoms with Gasteiger partial charge >= 0.3 is 0 Å². The normalized spacial score (nSPS) is 12.4. The van der Waals surface area contributed by atoms with Gasteiger partial charge in [-0.15, -0.1) is 0 Å². The first-order valence-electron chi connectivity index (χ1n) is 6.63. The van der Waals surface area contributed by atoms with E-state index in [4.69, 9.17) is 17.4 Å². The SMILES string of the molecule is CCc1ccc(C(Cc2ccc(Cl)c(F)c2)NN)cc1. The molecule has 2 aromatic carbocycles. The van der Waals surface area contributed by atoms with E-state index in [2.05, 4.69) is 36.6 Å². The minimum Gasteiger partial charge on any atom is -0.271 e. The van der Waals surface area contributed by atoms with Crippen molar-refractivity contribution in [3.05, 3.63) is 70.0 Å².